The summed E-state index contributed by atoms with van der Waals surface area (Å²) in [6.45, 7) is 0. The van der Waals surface area contributed by atoms with Crippen molar-refractivity contribution < 1.29 is 9.53 Å². The second kappa shape index (κ2) is 5.65. The van der Waals surface area contributed by atoms with Crippen LogP contribution in [0.4, 0.5) is 0 Å². The first kappa shape index (κ1) is 13.2. The molecular weight excluding hydrogens is 300 g/mol. The zero-order valence-corrected chi connectivity index (χ0v) is 12.4. The van der Waals surface area contributed by atoms with E-state index >= 15 is 0 Å². The van der Waals surface area contributed by atoms with Crippen LogP contribution in [0.15, 0.2) is 46.2 Å². The van der Waals surface area contributed by atoms with E-state index in [0.717, 1.165) is 21.3 Å². The van der Waals surface area contributed by atoms with Crippen LogP contribution in [0.1, 0.15) is 11.7 Å². The molecule has 19 heavy (non-hydrogen) atoms. The number of thioether (sulfide) groups is 2. The highest BCUT2D eigenvalue weighted by Gasteiger charge is 2.26. The lowest BCUT2D eigenvalue weighted by Gasteiger charge is -2.20. The van der Waals surface area contributed by atoms with Crippen LogP contribution in [-0.2, 0) is 9.53 Å². The predicted octanol–water partition coefficient (Wildman–Crippen LogP) is 4.19. The maximum Gasteiger partial charge on any atom is 0.340 e. The molecule has 2 aliphatic heterocycles. The minimum absolute atomic E-state index is 0.237. The van der Waals surface area contributed by atoms with Gasteiger partial charge in [0.2, 0.25) is 0 Å². The Morgan fingerprint density at radius 2 is 1.84 bits per heavy atom. The van der Waals surface area contributed by atoms with E-state index in [1.165, 1.54) is 0 Å². The molecule has 1 saturated heterocycles. The summed E-state index contributed by atoms with van der Waals surface area (Å²) in [6.07, 6.45) is 3.49. The molecule has 2 nitrogen and oxygen atoms in total. The lowest BCUT2D eigenvalue weighted by Crippen LogP contribution is -2.16. The van der Waals surface area contributed by atoms with Crippen LogP contribution in [0, 0.1) is 0 Å². The molecule has 0 bridgehead atoms. The van der Waals surface area contributed by atoms with E-state index in [1.54, 1.807) is 35.7 Å². The molecule has 0 spiro atoms. The van der Waals surface area contributed by atoms with Gasteiger partial charge in [0.15, 0.2) is 0 Å². The molecule has 1 aromatic rings. The standard InChI is InChI=1S/C14H11ClO2S2/c15-10-3-1-9(2-4-10)12-6-5-11(13(16)17-12)14-18-7-8-19-14/h1-6,12H,7-8H2. The zero-order valence-electron chi connectivity index (χ0n) is 9.97. The molecule has 5 heteroatoms. The van der Waals surface area contributed by atoms with Crippen molar-refractivity contribution in [2.24, 2.45) is 0 Å². The Balaban J connectivity index is 1.85. The van der Waals surface area contributed by atoms with E-state index in [0.29, 0.717) is 10.6 Å². The van der Waals surface area contributed by atoms with Crippen molar-refractivity contribution in [1.29, 1.82) is 0 Å². The van der Waals surface area contributed by atoms with Crippen molar-refractivity contribution in [1.82, 2.24) is 0 Å². The van der Waals surface area contributed by atoms with Gasteiger partial charge in [0.25, 0.3) is 0 Å². The number of hydrogen-bond acceptors (Lipinski definition) is 4. The zero-order chi connectivity index (χ0) is 13.2. The number of esters is 1. The van der Waals surface area contributed by atoms with Gasteiger partial charge in [-0.25, -0.2) is 4.79 Å². The van der Waals surface area contributed by atoms with Gasteiger partial charge in [-0.15, -0.1) is 23.5 Å². The van der Waals surface area contributed by atoms with Gasteiger partial charge in [0, 0.05) is 16.5 Å². The third-order valence-corrected chi connectivity index (χ3v) is 5.86. The smallest absolute Gasteiger partial charge is 0.340 e. The molecule has 1 aromatic carbocycles. The Kier molecular flexibility index (Phi) is 3.91. The molecule has 3 rings (SSSR count). The molecule has 0 aliphatic carbocycles. The summed E-state index contributed by atoms with van der Waals surface area (Å²) in [5.41, 5.74) is 1.63. The van der Waals surface area contributed by atoms with Gasteiger partial charge in [-0.2, -0.15) is 0 Å². The van der Waals surface area contributed by atoms with Gasteiger partial charge < -0.3 is 4.74 Å². The Bertz CT molecular complexity index is 555. The lowest BCUT2D eigenvalue weighted by molar-refractivity contribution is -0.142. The molecule has 1 unspecified atom stereocenters. The van der Waals surface area contributed by atoms with Crippen LogP contribution in [-0.4, -0.2) is 17.5 Å². The van der Waals surface area contributed by atoms with Gasteiger partial charge in [0.05, 0.1) is 9.81 Å². The molecule has 1 atom stereocenters. The predicted molar refractivity (Wildman–Crippen MR) is 81.4 cm³/mol. The average molecular weight is 311 g/mol. The number of ether oxygens (including phenoxy) is 1. The molecule has 98 valence electrons. The molecular formula is C14H11ClO2S2. The second-order valence-corrected chi connectivity index (χ2v) is 7.04. The van der Waals surface area contributed by atoms with Crippen LogP contribution < -0.4 is 0 Å². The van der Waals surface area contributed by atoms with Crippen LogP contribution in [0.25, 0.3) is 0 Å². The number of halogens is 1. The largest absolute Gasteiger partial charge is 0.450 e. The number of carbonyl (C=O) groups excluding carboxylic acids is 1. The van der Waals surface area contributed by atoms with Crippen LogP contribution in [0.3, 0.4) is 0 Å². The number of cyclic esters (lactones) is 1. The van der Waals surface area contributed by atoms with E-state index in [4.69, 9.17) is 16.3 Å². The maximum absolute atomic E-state index is 12.0. The van der Waals surface area contributed by atoms with Gasteiger partial charge in [-0.3, -0.25) is 0 Å². The molecule has 1 fully saturated rings. The summed E-state index contributed by atoms with van der Waals surface area (Å²) >= 11 is 9.30. The third kappa shape index (κ3) is 2.86. The molecule has 0 radical (unpaired) electrons. The van der Waals surface area contributed by atoms with Crippen molar-refractivity contribution in [3.63, 3.8) is 0 Å². The molecule has 0 N–H and O–H groups in total. The first-order chi connectivity index (χ1) is 9.24. The molecule has 2 heterocycles. The van der Waals surface area contributed by atoms with Crippen molar-refractivity contribution >= 4 is 41.1 Å². The molecule has 0 saturated carbocycles. The summed E-state index contributed by atoms with van der Waals surface area (Å²) in [4.78, 5) is 12.0. The van der Waals surface area contributed by atoms with Gasteiger partial charge in [-0.05, 0) is 29.8 Å². The number of rotatable bonds is 1. The van der Waals surface area contributed by atoms with E-state index in [9.17, 15) is 4.79 Å². The molecule has 0 amide bonds. The van der Waals surface area contributed by atoms with Crippen molar-refractivity contribution in [3.05, 3.63) is 56.8 Å². The minimum Gasteiger partial charge on any atom is -0.450 e. The minimum atomic E-state index is -0.314. The first-order valence-electron chi connectivity index (χ1n) is 5.88. The lowest BCUT2D eigenvalue weighted by atomic mass is 10.1. The van der Waals surface area contributed by atoms with Gasteiger partial charge in [-0.1, -0.05) is 23.7 Å². The second-order valence-electron chi connectivity index (χ2n) is 4.13. The summed E-state index contributed by atoms with van der Waals surface area (Å²) in [5.74, 6) is 1.88. The quantitative estimate of drug-likeness (QED) is 0.574. The normalized spacial score (nSPS) is 22.8. The van der Waals surface area contributed by atoms with E-state index < -0.39 is 0 Å². The summed E-state index contributed by atoms with van der Waals surface area (Å²) in [5, 5.41) is 0.677. The average Bonchev–Trinajstić information content (AvgIpc) is 2.93. The summed E-state index contributed by atoms with van der Waals surface area (Å²) in [7, 11) is 0. The number of benzene rings is 1. The third-order valence-electron chi connectivity index (χ3n) is 2.86. The molecule has 0 aromatic heterocycles. The number of hydrogen-bond donors (Lipinski definition) is 0. The van der Waals surface area contributed by atoms with Gasteiger partial charge >= 0.3 is 5.97 Å². The van der Waals surface area contributed by atoms with Crippen molar-refractivity contribution in [3.8, 4) is 0 Å². The van der Waals surface area contributed by atoms with Crippen molar-refractivity contribution in [2.75, 3.05) is 11.5 Å². The number of carbonyl (C=O) groups is 1. The first-order valence-corrected chi connectivity index (χ1v) is 8.23. The fraction of sp³-hybridized carbons (Fsp3) is 0.214. The highest BCUT2D eigenvalue weighted by molar-refractivity contribution is 8.25. The van der Waals surface area contributed by atoms with Crippen LogP contribution in [0.2, 0.25) is 5.02 Å². The van der Waals surface area contributed by atoms with Gasteiger partial charge in [0.1, 0.15) is 6.10 Å². The summed E-state index contributed by atoms with van der Waals surface area (Å²) in [6, 6.07) is 7.36. The van der Waals surface area contributed by atoms with E-state index in [2.05, 4.69) is 0 Å². The topological polar surface area (TPSA) is 26.3 Å². The van der Waals surface area contributed by atoms with Crippen LogP contribution in [0.5, 0.6) is 0 Å². The SMILES string of the molecule is O=C1OC(c2ccc(Cl)cc2)C=CC1=C1SCCS1. The Hall–Kier alpha value is -0.840. The highest BCUT2D eigenvalue weighted by atomic mass is 35.5. The van der Waals surface area contributed by atoms with Crippen LogP contribution >= 0.6 is 35.1 Å². The Labute approximate surface area is 125 Å². The maximum atomic E-state index is 12.0. The van der Waals surface area contributed by atoms with Crippen molar-refractivity contribution in [2.45, 2.75) is 6.10 Å². The highest BCUT2D eigenvalue weighted by Crippen LogP contribution is 2.41. The molecule has 2 aliphatic rings. The monoisotopic (exact) mass is 310 g/mol. The Morgan fingerprint density at radius 1 is 1.16 bits per heavy atom. The fourth-order valence-corrected chi connectivity index (χ4v) is 4.53. The fourth-order valence-electron chi connectivity index (χ4n) is 1.92. The van der Waals surface area contributed by atoms with E-state index in [1.807, 2.05) is 24.3 Å². The Morgan fingerprint density at radius 3 is 2.47 bits per heavy atom. The summed E-state index contributed by atoms with van der Waals surface area (Å²) < 4.78 is 6.56. The van der Waals surface area contributed by atoms with E-state index in [-0.39, 0.29) is 12.1 Å².